The first-order chi connectivity index (χ1) is 15.0. The largest absolute Gasteiger partial charge is 0.368 e. The van der Waals surface area contributed by atoms with Crippen LogP contribution in [0.15, 0.2) is 41.3 Å². The van der Waals surface area contributed by atoms with Gasteiger partial charge in [0.05, 0.1) is 0 Å². The second-order valence-electron chi connectivity index (χ2n) is 8.67. The van der Waals surface area contributed by atoms with Crippen molar-refractivity contribution < 1.29 is 4.79 Å². The summed E-state index contributed by atoms with van der Waals surface area (Å²) in [5.41, 5.74) is 11.2. The number of hydrogen-bond acceptors (Lipinski definition) is 6. The number of pyridine rings is 1. The molecule has 2 unspecified atom stereocenters. The van der Waals surface area contributed by atoms with Crippen molar-refractivity contribution in [2.75, 3.05) is 18.5 Å². The molecular formula is C23H26N6O2. The van der Waals surface area contributed by atoms with Crippen LogP contribution in [-0.4, -0.2) is 38.5 Å². The zero-order valence-electron chi connectivity index (χ0n) is 17.5. The number of anilines is 1. The van der Waals surface area contributed by atoms with E-state index in [4.69, 9.17) is 5.73 Å². The molecule has 8 heteroatoms. The van der Waals surface area contributed by atoms with Crippen LogP contribution in [0.2, 0.25) is 0 Å². The molecule has 0 radical (unpaired) electrons. The first-order valence-electron chi connectivity index (χ1n) is 10.8. The molecule has 2 aromatic heterocycles. The molecule has 2 fully saturated rings. The van der Waals surface area contributed by atoms with E-state index >= 15 is 0 Å². The second kappa shape index (κ2) is 7.77. The highest BCUT2D eigenvalue weighted by Crippen LogP contribution is 2.37. The summed E-state index contributed by atoms with van der Waals surface area (Å²) in [6, 6.07) is 9.45. The number of carbonyl (C=O) groups excluding carboxylic acids is 1. The van der Waals surface area contributed by atoms with Gasteiger partial charge >= 0.3 is 0 Å². The lowest BCUT2D eigenvalue weighted by atomic mass is 10.0. The number of nitrogens with zero attached hydrogens (tertiary/aromatic N) is 4. The Balaban J connectivity index is 1.56. The number of nitrogens with two attached hydrogens (primary N) is 1. The predicted molar refractivity (Wildman–Crippen MR) is 119 cm³/mol. The Labute approximate surface area is 180 Å². The van der Waals surface area contributed by atoms with Gasteiger partial charge in [-0.05, 0) is 48.8 Å². The van der Waals surface area contributed by atoms with Gasteiger partial charge in [-0.3, -0.25) is 19.6 Å². The summed E-state index contributed by atoms with van der Waals surface area (Å²) in [6.07, 6.45) is 5.57. The van der Waals surface area contributed by atoms with E-state index in [1.807, 2.05) is 31.2 Å². The van der Waals surface area contributed by atoms with Crippen LogP contribution in [0.5, 0.6) is 0 Å². The number of hydrogen-bond donors (Lipinski definition) is 2. The van der Waals surface area contributed by atoms with Crippen molar-refractivity contribution in [2.45, 2.75) is 32.7 Å². The van der Waals surface area contributed by atoms with E-state index in [0.717, 1.165) is 36.1 Å². The molecule has 0 bridgehead atoms. The molecule has 1 aromatic carbocycles. The Morgan fingerprint density at radius 3 is 2.65 bits per heavy atom. The van der Waals surface area contributed by atoms with Crippen molar-refractivity contribution in [3.8, 4) is 11.1 Å². The van der Waals surface area contributed by atoms with Crippen LogP contribution >= 0.6 is 0 Å². The third-order valence-electron chi connectivity index (χ3n) is 6.56. The quantitative estimate of drug-likeness (QED) is 0.659. The van der Waals surface area contributed by atoms with E-state index in [0.29, 0.717) is 22.5 Å². The molecule has 0 spiro atoms. The molecule has 160 valence electrons. The number of primary amides is 1. The van der Waals surface area contributed by atoms with Gasteiger partial charge in [-0.15, -0.1) is 0 Å². The van der Waals surface area contributed by atoms with Gasteiger partial charge in [0.15, 0.2) is 0 Å². The highest BCUT2D eigenvalue weighted by Gasteiger charge is 2.36. The molecule has 3 heterocycles. The van der Waals surface area contributed by atoms with Crippen molar-refractivity contribution in [3.63, 3.8) is 0 Å². The lowest BCUT2D eigenvalue weighted by Gasteiger charge is -2.19. The standard InChI is InChI=1S/C23H26N6O2/c1-14-5-2-3-8-18(14)19-9-17-10-25-23(26-21(17)29(22(19)31)13-20(24)30)27-28-11-15-6-4-7-16(15)12-28/h2-3,5,8-10,15-16H,4,6-7,11-13H2,1H3,(H2,24,30)(H,25,26,27). The molecule has 1 aliphatic heterocycles. The average Bonchev–Trinajstić information content (AvgIpc) is 3.32. The molecule has 3 aromatic rings. The van der Waals surface area contributed by atoms with Crippen LogP contribution in [-0.2, 0) is 11.3 Å². The Kier molecular flexibility index (Phi) is 4.94. The summed E-state index contributed by atoms with van der Waals surface area (Å²) >= 11 is 0. The normalized spacial score (nSPS) is 20.8. The van der Waals surface area contributed by atoms with Crippen molar-refractivity contribution in [1.29, 1.82) is 0 Å². The number of carbonyl (C=O) groups is 1. The van der Waals surface area contributed by atoms with Crippen LogP contribution in [0.3, 0.4) is 0 Å². The van der Waals surface area contributed by atoms with Crippen molar-refractivity contribution in [2.24, 2.45) is 17.6 Å². The summed E-state index contributed by atoms with van der Waals surface area (Å²) in [7, 11) is 0. The maximum absolute atomic E-state index is 13.3. The zero-order chi connectivity index (χ0) is 21.5. The number of aromatic nitrogens is 3. The van der Waals surface area contributed by atoms with E-state index in [2.05, 4.69) is 20.4 Å². The summed E-state index contributed by atoms with van der Waals surface area (Å²) in [5, 5.41) is 2.84. The number of benzene rings is 1. The highest BCUT2D eigenvalue weighted by molar-refractivity contribution is 5.84. The fourth-order valence-electron chi connectivity index (χ4n) is 5.05. The third kappa shape index (κ3) is 3.67. The van der Waals surface area contributed by atoms with Gasteiger partial charge in [-0.2, -0.15) is 4.98 Å². The summed E-state index contributed by atoms with van der Waals surface area (Å²) in [5.74, 6) is 1.30. The molecule has 3 N–H and O–H groups in total. The third-order valence-corrected chi connectivity index (χ3v) is 6.56. The fraction of sp³-hybridized carbons (Fsp3) is 0.391. The predicted octanol–water partition coefficient (Wildman–Crippen LogP) is 2.31. The van der Waals surface area contributed by atoms with Crippen LogP contribution in [0.4, 0.5) is 5.95 Å². The minimum Gasteiger partial charge on any atom is -0.368 e. The Bertz CT molecular complexity index is 1210. The molecule has 1 amide bonds. The minimum absolute atomic E-state index is 0.237. The Morgan fingerprint density at radius 1 is 1.19 bits per heavy atom. The first kappa shape index (κ1) is 19.7. The van der Waals surface area contributed by atoms with Crippen LogP contribution in [0, 0.1) is 18.8 Å². The van der Waals surface area contributed by atoms with E-state index in [-0.39, 0.29) is 12.1 Å². The van der Waals surface area contributed by atoms with Gasteiger partial charge < -0.3 is 5.73 Å². The molecule has 1 saturated carbocycles. The van der Waals surface area contributed by atoms with E-state index in [1.165, 1.54) is 23.8 Å². The van der Waals surface area contributed by atoms with E-state index in [1.54, 1.807) is 12.3 Å². The first-order valence-corrected chi connectivity index (χ1v) is 10.8. The lowest BCUT2D eigenvalue weighted by Crippen LogP contribution is -2.31. The monoisotopic (exact) mass is 418 g/mol. The lowest BCUT2D eigenvalue weighted by molar-refractivity contribution is -0.118. The summed E-state index contributed by atoms with van der Waals surface area (Å²) in [6.45, 7) is 3.67. The van der Waals surface area contributed by atoms with Crippen molar-refractivity contribution in [1.82, 2.24) is 19.5 Å². The molecule has 1 aliphatic carbocycles. The molecule has 5 rings (SSSR count). The number of aryl methyl sites for hydroxylation is 1. The van der Waals surface area contributed by atoms with Gasteiger partial charge in [0.25, 0.3) is 5.56 Å². The molecule has 31 heavy (non-hydrogen) atoms. The highest BCUT2D eigenvalue weighted by atomic mass is 16.2. The number of hydrazine groups is 1. The topological polar surface area (TPSA) is 106 Å². The zero-order valence-corrected chi connectivity index (χ0v) is 17.5. The molecule has 8 nitrogen and oxygen atoms in total. The summed E-state index contributed by atoms with van der Waals surface area (Å²) < 4.78 is 1.35. The maximum Gasteiger partial charge on any atom is 0.260 e. The van der Waals surface area contributed by atoms with Crippen LogP contribution in [0.25, 0.3) is 22.2 Å². The van der Waals surface area contributed by atoms with Gasteiger partial charge in [0.1, 0.15) is 12.2 Å². The molecular weight excluding hydrogens is 392 g/mol. The average molecular weight is 419 g/mol. The van der Waals surface area contributed by atoms with Crippen molar-refractivity contribution in [3.05, 3.63) is 52.4 Å². The van der Waals surface area contributed by atoms with Gasteiger partial charge in [0, 0.05) is 30.2 Å². The smallest absolute Gasteiger partial charge is 0.260 e. The number of fused-ring (bicyclic) bond motifs is 2. The van der Waals surface area contributed by atoms with Gasteiger partial charge in [-0.25, -0.2) is 9.99 Å². The molecule has 2 aliphatic rings. The Hall–Kier alpha value is -3.26. The molecule has 2 atom stereocenters. The van der Waals surface area contributed by atoms with E-state index in [9.17, 15) is 9.59 Å². The second-order valence-corrected chi connectivity index (χ2v) is 8.67. The number of nitrogens with one attached hydrogen (secondary N) is 1. The van der Waals surface area contributed by atoms with Crippen LogP contribution < -0.4 is 16.7 Å². The fourth-order valence-corrected chi connectivity index (χ4v) is 5.05. The SMILES string of the molecule is Cc1ccccc1-c1cc2cnc(NN3CC4CCCC4C3)nc2n(CC(N)=O)c1=O. The van der Waals surface area contributed by atoms with Gasteiger partial charge in [-0.1, -0.05) is 30.7 Å². The Morgan fingerprint density at radius 2 is 1.94 bits per heavy atom. The number of rotatable bonds is 5. The van der Waals surface area contributed by atoms with Crippen LogP contribution in [0.1, 0.15) is 24.8 Å². The minimum atomic E-state index is -0.592. The molecule has 1 saturated heterocycles. The van der Waals surface area contributed by atoms with Gasteiger partial charge in [0.2, 0.25) is 11.9 Å². The van der Waals surface area contributed by atoms with E-state index < -0.39 is 5.91 Å². The number of amides is 1. The van der Waals surface area contributed by atoms with Crippen molar-refractivity contribution >= 4 is 22.9 Å². The maximum atomic E-state index is 13.3. The summed E-state index contributed by atoms with van der Waals surface area (Å²) in [4.78, 5) is 34.1.